The fourth-order valence-electron chi connectivity index (χ4n) is 1.79. The summed E-state index contributed by atoms with van der Waals surface area (Å²) < 4.78 is 5.32. The Morgan fingerprint density at radius 2 is 2.17 bits per heavy atom. The lowest BCUT2D eigenvalue weighted by Gasteiger charge is -2.27. The molecule has 0 spiro atoms. The Bertz CT molecular complexity index is 365. The molecule has 1 aliphatic heterocycles. The first kappa shape index (κ1) is 13.0. The Labute approximate surface area is 108 Å². The van der Waals surface area contributed by atoms with Crippen LogP contribution in [0.25, 0.3) is 0 Å². The number of nitrogens with zero attached hydrogens (tertiary/aromatic N) is 4. The second-order valence-electron chi connectivity index (χ2n) is 4.85. The molecule has 0 aliphatic carbocycles. The van der Waals surface area contributed by atoms with Gasteiger partial charge in [-0.15, -0.1) is 5.10 Å². The van der Waals surface area contributed by atoms with Crippen LogP contribution in [0.2, 0.25) is 0 Å². The molecule has 1 aromatic rings. The second-order valence-corrected chi connectivity index (χ2v) is 4.85. The van der Waals surface area contributed by atoms with E-state index in [1.165, 1.54) is 0 Å². The highest BCUT2D eigenvalue weighted by atomic mass is 16.5. The molecule has 0 atom stereocenters. The van der Waals surface area contributed by atoms with Crippen molar-refractivity contribution in [2.24, 2.45) is 5.92 Å². The van der Waals surface area contributed by atoms with Crippen LogP contribution in [-0.2, 0) is 4.74 Å². The van der Waals surface area contributed by atoms with Crippen LogP contribution in [0.15, 0.2) is 6.20 Å². The Kier molecular flexibility index (Phi) is 4.69. The maximum atomic E-state index is 5.32. The molecule has 100 valence electrons. The Morgan fingerprint density at radius 1 is 1.39 bits per heavy atom. The van der Waals surface area contributed by atoms with Gasteiger partial charge in [-0.25, -0.2) is 0 Å². The van der Waals surface area contributed by atoms with Crippen molar-refractivity contribution in [1.29, 1.82) is 0 Å². The average Bonchev–Trinajstić information content (AvgIpc) is 2.40. The van der Waals surface area contributed by atoms with E-state index in [0.717, 1.165) is 45.1 Å². The number of hydrogen-bond donors (Lipinski definition) is 1. The van der Waals surface area contributed by atoms with E-state index < -0.39 is 0 Å². The van der Waals surface area contributed by atoms with Crippen LogP contribution in [0.1, 0.15) is 20.3 Å². The Morgan fingerprint density at radius 3 is 2.89 bits per heavy atom. The zero-order valence-electron chi connectivity index (χ0n) is 11.1. The van der Waals surface area contributed by atoms with Gasteiger partial charge in [0.15, 0.2) is 5.82 Å². The maximum absolute atomic E-state index is 5.32. The molecule has 1 N–H and O–H groups in total. The van der Waals surface area contributed by atoms with Gasteiger partial charge in [0.05, 0.1) is 19.4 Å². The first-order valence-electron chi connectivity index (χ1n) is 6.52. The molecule has 0 bridgehead atoms. The normalized spacial score (nSPS) is 16.1. The highest BCUT2D eigenvalue weighted by molar-refractivity contribution is 5.40. The molecule has 2 heterocycles. The van der Waals surface area contributed by atoms with Crippen molar-refractivity contribution in [1.82, 2.24) is 15.2 Å². The summed E-state index contributed by atoms with van der Waals surface area (Å²) in [5.74, 6) is 2.16. The molecule has 1 fully saturated rings. The van der Waals surface area contributed by atoms with Gasteiger partial charge < -0.3 is 15.0 Å². The average molecular weight is 251 g/mol. The Balaban J connectivity index is 1.91. The number of ether oxygens (including phenoxy) is 1. The van der Waals surface area contributed by atoms with Crippen LogP contribution in [0, 0.1) is 5.92 Å². The lowest BCUT2D eigenvalue weighted by atomic mass is 10.1. The minimum Gasteiger partial charge on any atom is -0.378 e. The summed E-state index contributed by atoms with van der Waals surface area (Å²) in [7, 11) is 0. The SMILES string of the molecule is CC(C)CCNc1nncc(N2CCOCC2)n1. The topological polar surface area (TPSA) is 63.2 Å². The smallest absolute Gasteiger partial charge is 0.244 e. The summed E-state index contributed by atoms with van der Waals surface area (Å²) >= 11 is 0. The van der Waals surface area contributed by atoms with Gasteiger partial charge >= 0.3 is 0 Å². The molecule has 6 nitrogen and oxygen atoms in total. The van der Waals surface area contributed by atoms with Gasteiger partial charge in [0.1, 0.15) is 0 Å². The molecule has 0 amide bonds. The highest BCUT2D eigenvalue weighted by Crippen LogP contribution is 2.12. The predicted molar refractivity (Wildman–Crippen MR) is 70.8 cm³/mol. The van der Waals surface area contributed by atoms with Gasteiger partial charge in [0, 0.05) is 19.6 Å². The third kappa shape index (κ3) is 3.80. The summed E-state index contributed by atoms with van der Waals surface area (Å²) in [6.45, 7) is 8.51. The van der Waals surface area contributed by atoms with Crippen LogP contribution in [0.5, 0.6) is 0 Å². The van der Waals surface area contributed by atoms with Crippen molar-refractivity contribution in [2.75, 3.05) is 43.1 Å². The lowest BCUT2D eigenvalue weighted by molar-refractivity contribution is 0.122. The summed E-state index contributed by atoms with van der Waals surface area (Å²) in [6, 6.07) is 0. The van der Waals surface area contributed by atoms with E-state index in [1.807, 2.05) is 0 Å². The van der Waals surface area contributed by atoms with Crippen molar-refractivity contribution in [2.45, 2.75) is 20.3 Å². The van der Waals surface area contributed by atoms with Gasteiger partial charge in [0.25, 0.3) is 0 Å². The first-order chi connectivity index (χ1) is 8.75. The van der Waals surface area contributed by atoms with Crippen LogP contribution in [0.4, 0.5) is 11.8 Å². The van der Waals surface area contributed by atoms with E-state index in [0.29, 0.717) is 11.9 Å². The lowest BCUT2D eigenvalue weighted by Crippen LogP contribution is -2.37. The van der Waals surface area contributed by atoms with Crippen molar-refractivity contribution in [3.05, 3.63) is 6.20 Å². The van der Waals surface area contributed by atoms with Gasteiger partial charge in [-0.3, -0.25) is 0 Å². The number of nitrogens with one attached hydrogen (secondary N) is 1. The molecule has 6 heteroatoms. The second kappa shape index (κ2) is 6.49. The van der Waals surface area contributed by atoms with Crippen molar-refractivity contribution in [3.63, 3.8) is 0 Å². The van der Waals surface area contributed by atoms with E-state index in [-0.39, 0.29) is 0 Å². The standard InChI is InChI=1S/C12H21N5O/c1-10(2)3-4-13-12-15-11(9-14-16-12)17-5-7-18-8-6-17/h9-10H,3-8H2,1-2H3,(H,13,15,16). The number of aromatic nitrogens is 3. The zero-order chi connectivity index (χ0) is 12.8. The van der Waals surface area contributed by atoms with Crippen LogP contribution >= 0.6 is 0 Å². The molecule has 1 aromatic heterocycles. The van der Waals surface area contributed by atoms with Gasteiger partial charge in [-0.05, 0) is 12.3 Å². The minimum absolute atomic E-state index is 0.611. The molecule has 1 saturated heterocycles. The fourth-order valence-corrected chi connectivity index (χ4v) is 1.79. The number of rotatable bonds is 5. The third-order valence-corrected chi connectivity index (χ3v) is 2.89. The van der Waals surface area contributed by atoms with Crippen LogP contribution in [0.3, 0.4) is 0 Å². The van der Waals surface area contributed by atoms with Crippen LogP contribution < -0.4 is 10.2 Å². The highest BCUT2D eigenvalue weighted by Gasteiger charge is 2.13. The Hall–Kier alpha value is -1.43. The summed E-state index contributed by atoms with van der Waals surface area (Å²) in [4.78, 5) is 6.65. The summed E-state index contributed by atoms with van der Waals surface area (Å²) in [6.07, 6.45) is 2.81. The zero-order valence-corrected chi connectivity index (χ0v) is 11.1. The largest absolute Gasteiger partial charge is 0.378 e. The third-order valence-electron chi connectivity index (χ3n) is 2.89. The summed E-state index contributed by atoms with van der Waals surface area (Å²) in [5, 5.41) is 11.2. The van der Waals surface area contributed by atoms with E-state index in [4.69, 9.17) is 4.74 Å². The van der Waals surface area contributed by atoms with E-state index in [2.05, 4.69) is 39.2 Å². The van der Waals surface area contributed by atoms with Crippen molar-refractivity contribution in [3.8, 4) is 0 Å². The van der Waals surface area contributed by atoms with Gasteiger partial charge in [0.2, 0.25) is 5.95 Å². The minimum atomic E-state index is 0.611. The predicted octanol–water partition coefficient (Wildman–Crippen LogP) is 1.17. The van der Waals surface area contributed by atoms with E-state index in [1.54, 1.807) is 6.20 Å². The van der Waals surface area contributed by atoms with Gasteiger partial charge in [-0.1, -0.05) is 13.8 Å². The fraction of sp³-hybridized carbons (Fsp3) is 0.750. The van der Waals surface area contributed by atoms with Crippen molar-refractivity contribution < 1.29 is 4.74 Å². The number of hydrogen-bond acceptors (Lipinski definition) is 6. The van der Waals surface area contributed by atoms with E-state index >= 15 is 0 Å². The molecular weight excluding hydrogens is 230 g/mol. The number of morpholine rings is 1. The molecule has 0 radical (unpaired) electrons. The quantitative estimate of drug-likeness (QED) is 0.847. The molecule has 2 rings (SSSR count). The molecule has 0 unspecified atom stereocenters. The number of anilines is 2. The molecule has 0 saturated carbocycles. The molecule has 1 aliphatic rings. The van der Waals surface area contributed by atoms with Crippen molar-refractivity contribution >= 4 is 11.8 Å². The molecule has 18 heavy (non-hydrogen) atoms. The van der Waals surface area contributed by atoms with E-state index in [9.17, 15) is 0 Å². The molecular formula is C12H21N5O. The molecule has 0 aromatic carbocycles. The van der Waals surface area contributed by atoms with Crippen LogP contribution in [-0.4, -0.2) is 48.0 Å². The summed E-state index contributed by atoms with van der Waals surface area (Å²) in [5.41, 5.74) is 0. The monoisotopic (exact) mass is 251 g/mol. The first-order valence-corrected chi connectivity index (χ1v) is 6.52. The van der Waals surface area contributed by atoms with Gasteiger partial charge in [-0.2, -0.15) is 10.1 Å². The maximum Gasteiger partial charge on any atom is 0.244 e.